The van der Waals surface area contributed by atoms with Crippen LogP contribution in [0.25, 0.3) is 11.6 Å². The molecule has 3 aromatic rings. The third kappa shape index (κ3) is 6.01. The lowest BCUT2D eigenvalue weighted by atomic mass is 9.66. The summed E-state index contributed by atoms with van der Waals surface area (Å²) >= 11 is 0. The molecule has 1 fully saturated rings. The summed E-state index contributed by atoms with van der Waals surface area (Å²) < 4.78 is 5.68. The standard InChI is InChI=1S/C34H36N2O8/c1-20(2)27-17-28-32(34(41)35(33(28)40)23-9-6-10-24(16-23)36(42)43)29(19-38)31(27)30(39)14-11-22(21-7-4-3-5-8-21)15-25-12-13-26(18-37)44-25/h3-10,12-13,15-16,20,28-30,32,37-39H,11,14,17-19H2,1-2H3/b22-15-/t28-,29+,30-,32-/m1/s1. The van der Waals surface area contributed by atoms with Crippen molar-refractivity contribution in [1.82, 2.24) is 0 Å². The molecule has 230 valence electrons. The number of carbonyl (C=O) groups is 2. The minimum Gasteiger partial charge on any atom is -0.459 e. The van der Waals surface area contributed by atoms with Gasteiger partial charge in [-0.15, -0.1) is 0 Å². The van der Waals surface area contributed by atoms with Gasteiger partial charge in [-0.1, -0.05) is 55.8 Å². The van der Waals surface area contributed by atoms with Crippen molar-refractivity contribution < 1.29 is 34.2 Å². The number of benzene rings is 2. The first kappa shape index (κ1) is 31.1. The first-order valence-electron chi connectivity index (χ1n) is 14.7. The Morgan fingerprint density at radius 1 is 1.07 bits per heavy atom. The van der Waals surface area contributed by atoms with Crippen molar-refractivity contribution in [2.45, 2.75) is 45.8 Å². The highest BCUT2D eigenvalue weighted by atomic mass is 16.6. The number of aliphatic hydroxyl groups excluding tert-OH is 3. The third-order valence-electron chi connectivity index (χ3n) is 8.66. The Labute approximate surface area is 255 Å². The second-order valence-corrected chi connectivity index (χ2v) is 11.6. The van der Waals surface area contributed by atoms with Crippen molar-refractivity contribution in [1.29, 1.82) is 0 Å². The minimum absolute atomic E-state index is 0.0615. The van der Waals surface area contributed by atoms with Gasteiger partial charge in [0.15, 0.2) is 0 Å². The molecule has 2 aromatic carbocycles. The molecule has 1 aliphatic carbocycles. The SMILES string of the molecule is CC(C)C1=C([C@H](O)CC/C(=C/c2ccc(CO)o2)c2ccccc2)[C@H](CO)[C@@H]2C(=O)N(c3cccc([N+](=O)[O-])c3)C(=O)[C@@H]2C1. The van der Waals surface area contributed by atoms with Crippen LogP contribution < -0.4 is 4.90 Å². The zero-order valence-electron chi connectivity index (χ0n) is 24.6. The molecule has 10 heteroatoms. The number of furan rings is 1. The average Bonchev–Trinajstić information content (AvgIpc) is 3.59. The normalized spacial score (nSPS) is 21.3. The lowest BCUT2D eigenvalue weighted by Crippen LogP contribution is -2.39. The smallest absolute Gasteiger partial charge is 0.271 e. The Bertz CT molecular complexity index is 1610. The molecule has 2 amide bonds. The lowest BCUT2D eigenvalue weighted by Gasteiger charge is -2.38. The quantitative estimate of drug-likeness (QED) is 0.118. The van der Waals surface area contributed by atoms with E-state index in [1.54, 1.807) is 12.1 Å². The number of aliphatic hydroxyl groups is 3. The maximum atomic E-state index is 13.8. The number of fused-ring (bicyclic) bond motifs is 1. The van der Waals surface area contributed by atoms with E-state index in [9.17, 15) is 35.0 Å². The van der Waals surface area contributed by atoms with Crippen molar-refractivity contribution in [3.05, 3.63) is 105 Å². The molecule has 1 aliphatic heterocycles. The molecule has 0 bridgehead atoms. The fraction of sp³-hybridized carbons (Fsp3) is 0.353. The number of nitrogens with zero attached hydrogens (tertiary/aromatic N) is 2. The van der Waals surface area contributed by atoms with Gasteiger partial charge in [0, 0.05) is 18.1 Å². The molecule has 0 saturated carbocycles. The van der Waals surface area contributed by atoms with Crippen LogP contribution in [0.3, 0.4) is 0 Å². The molecular weight excluding hydrogens is 564 g/mol. The Morgan fingerprint density at radius 2 is 1.82 bits per heavy atom. The van der Waals surface area contributed by atoms with E-state index in [2.05, 4.69) is 0 Å². The van der Waals surface area contributed by atoms with Crippen LogP contribution in [0, 0.1) is 33.8 Å². The van der Waals surface area contributed by atoms with Gasteiger partial charge >= 0.3 is 0 Å². The van der Waals surface area contributed by atoms with Crippen LogP contribution >= 0.6 is 0 Å². The van der Waals surface area contributed by atoms with Gasteiger partial charge in [-0.3, -0.25) is 19.7 Å². The molecule has 3 N–H and O–H groups in total. The van der Waals surface area contributed by atoms with Gasteiger partial charge in [-0.25, -0.2) is 4.90 Å². The summed E-state index contributed by atoms with van der Waals surface area (Å²) in [6.07, 6.45) is 1.84. The van der Waals surface area contributed by atoms with Crippen LogP contribution in [-0.2, 0) is 16.2 Å². The van der Waals surface area contributed by atoms with E-state index < -0.39 is 47.2 Å². The molecule has 0 radical (unpaired) electrons. The van der Waals surface area contributed by atoms with E-state index in [1.807, 2.05) is 50.3 Å². The molecule has 0 unspecified atom stereocenters. The van der Waals surface area contributed by atoms with E-state index in [-0.39, 0.29) is 36.7 Å². The molecule has 4 atom stereocenters. The third-order valence-corrected chi connectivity index (χ3v) is 8.66. The van der Waals surface area contributed by atoms with Gasteiger partial charge in [0.1, 0.15) is 18.1 Å². The number of nitro groups is 1. The number of imide groups is 1. The Kier molecular flexibility index (Phi) is 9.24. The summed E-state index contributed by atoms with van der Waals surface area (Å²) in [5.74, 6) is -2.48. The van der Waals surface area contributed by atoms with Crippen LogP contribution in [0.5, 0.6) is 0 Å². The molecule has 0 spiro atoms. The number of non-ortho nitro benzene ring substituents is 1. The van der Waals surface area contributed by atoms with Crippen molar-refractivity contribution in [2.24, 2.45) is 23.7 Å². The number of amides is 2. The van der Waals surface area contributed by atoms with Gasteiger partial charge in [-0.05, 0) is 66.2 Å². The minimum atomic E-state index is -1.00. The zero-order chi connectivity index (χ0) is 31.5. The maximum absolute atomic E-state index is 13.8. The van der Waals surface area contributed by atoms with E-state index in [0.29, 0.717) is 23.5 Å². The predicted octanol–water partition coefficient (Wildman–Crippen LogP) is 5.13. The van der Waals surface area contributed by atoms with Crippen LogP contribution in [0.4, 0.5) is 11.4 Å². The van der Waals surface area contributed by atoms with Crippen molar-refractivity contribution in [2.75, 3.05) is 11.5 Å². The highest BCUT2D eigenvalue weighted by Crippen LogP contribution is 2.49. The van der Waals surface area contributed by atoms with E-state index in [1.165, 1.54) is 24.3 Å². The van der Waals surface area contributed by atoms with Gasteiger partial charge in [0.05, 0.1) is 35.2 Å². The number of hydrogen-bond donors (Lipinski definition) is 3. The van der Waals surface area contributed by atoms with Crippen LogP contribution in [0.1, 0.15) is 50.2 Å². The fourth-order valence-corrected chi connectivity index (χ4v) is 6.57. The van der Waals surface area contributed by atoms with Crippen molar-refractivity contribution >= 4 is 34.8 Å². The van der Waals surface area contributed by atoms with E-state index in [4.69, 9.17) is 4.42 Å². The highest BCUT2D eigenvalue weighted by molar-refractivity contribution is 6.22. The average molecular weight is 601 g/mol. The number of anilines is 1. The molecule has 44 heavy (non-hydrogen) atoms. The van der Waals surface area contributed by atoms with Gasteiger partial charge in [0.2, 0.25) is 11.8 Å². The topological polar surface area (TPSA) is 154 Å². The zero-order valence-corrected chi connectivity index (χ0v) is 24.6. The Morgan fingerprint density at radius 3 is 2.45 bits per heavy atom. The largest absolute Gasteiger partial charge is 0.459 e. The number of nitro benzene ring substituents is 1. The summed E-state index contributed by atoms with van der Waals surface area (Å²) in [4.78, 5) is 39.2. The molecule has 1 saturated heterocycles. The first-order chi connectivity index (χ1) is 21.1. The summed E-state index contributed by atoms with van der Waals surface area (Å²) in [6, 6.07) is 18.5. The molecule has 2 heterocycles. The van der Waals surface area contributed by atoms with Crippen molar-refractivity contribution in [3.8, 4) is 0 Å². The highest BCUT2D eigenvalue weighted by Gasteiger charge is 2.55. The molecular formula is C34H36N2O8. The Balaban J connectivity index is 1.45. The number of rotatable bonds is 11. The molecule has 5 rings (SSSR count). The first-order valence-corrected chi connectivity index (χ1v) is 14.7. The summed E-state index contributed by atoms with van der Waals surface area (Å²) in [5.41, 5.74) is 3.13. The fourth-order valence-electron chi connectivity index (χ4n) is 6.57. The number of hydrogen-bond acceptors (Lipinski definition) is 8. The van der Waals surface area contributed by atoms with Crippen molar-refractivity contribution in [3.63, 3.8) is 0 Å². The van der Waals surface area contributed by atoms with E-state index in [0.717, 1.165) is 21.6 Å². The second-order valence-electron chi connectivity index (χ2n) is 11.6. The van der Waals surface area contributed by atoms with Crippen LogP contribution in [-0.4, -0.2) is 44.8 Å². The number of allylic oxidation sites excluding steroid dienone is 2. The monoisotopic (exact) mass is 600 g/mol. The second kappa shape index (κ2) is 13.1. The van der Waals surface area contributed by atoms with Crippen LogP contribution in [0.2, 0.25) is 0 Å². The molecule has 10 nitrogen and oxygen atoms in total. The maximum Gasteiger partial charge on any atom is 0.271 e. The number of carbonyl (C=O) groups excluding carboxylic acids is 2. The predicted molar refractivity (Wildman–Crippen MR) is 164 cm³/mol. The summed E-state index contributed by atoms with van der Waals surface area (Å²) in [6.45, 7) is 3.26. The van der Waals surface area contributed by atoms with Crippen LogP contribution in [0.15, 0.2) is 82.3 Å². The summed E-state index contributed by atoms with van der Waals surface area (Å²) in [5, 5.41) is 43.1. The summed E-state index contributed by atoms with van der Waals surface area (Å²) in [7, 11) is 0. The molecule has 1 aromatic heterocycles. The van der Waals surface area contributed by atoms with Gasteiger partial charge in [-0.2, -0.15) is 0 Å². The Hall–Kier alpha value is -4.38. The van der Waals surface area contributed by atoms with E-state index >= 15 is 0 Å². The molecule has 2 aliphatic rings. The lowest BCUT2D eigenvalue weighted by molar-refractivity contribution is -0.384. The van der Waals surface area contributed by atoms with Gasteiger partial charge in [0.25, 0.3) is 5.69 Å². The van der Waals surface area contributed by atoms with Gasteiger partial charge < -0.3 is 19.7 Å².